The number of nitrogens with zero attached hydrogens (tertiary/aromatic N) is 4. The van der Waals surface area contributed by atoms with Crippen molar-refractivity contribution in [1.29, 1.82) is 0 Å². The van der Waals surface area contributed by atoms with Gasteiger partial charge in [0, 0.05) is 31.6 Å². The average molecular weight is 406 g/mol. The first-order valence-electron chi connectivity index (χ1n) is 10.6. The van der Waals surface area contributed by atoms with Gasteiger partial charge in [-0.2, -0.15) is 5.10 Å². The number of amides is 1. The highest BCUT2D eigenvalue weighted by Crippen LogP contribution is 2.29. The summed E-state index contributed by atoms with van der Waals surface area (Å²) in [5, 5.41) is 4.73. The Morgan fingerprint density at radius 2 is 1.97 bits per heavy atom. The molecule has 1 aromatic carbocycles. The van der Waals surface area contributed by atoms with Crippen molar-refractivity contribution in [1.82, 2.24) is 24.6 Å². The normalized spacial score (nSPS) is 17.0. The van der Waals surface area contributed by atoms with Crippen molar-refractivity contribution >= 4 is 5.91 Å². The molecule has 0 saturated carbocycles. The van der Waals surface area contributed by atoms with Crippen molar-refractivity contribution in [3.63, 3.8) is 0 Å². The summed E-state index contributed by atoms with van der Waals surface area (Å²) >= 11 is 0. The van der Waals surface area contributed by atoms with Crippen molar-refractivity contribution in [2.24, 2.45) is 0 Å². The fourth-order valence-electron chi connectivity index (χ4n) is 3.98. The molecule has 30 heavy (non-hydrogen) atoms. The zero-order chi connectivity index (χ0) is 21.1. The third kappa shape index (κ3) is 4.06. The number of carbonyl (C=O) groups excluding carboxylic acids is 1. The van der Waals surface area contributed by atoms with Crippen LogP contribution in [-0.2, 0) is 6.42 Å². The van der Waals surface area contributed by atoms with Gasteiger partial charge in [-0.15, -0.1) is 0 Å². The maximum absolute atomic E-state index is 12.9. The molecule has 1 N–H and O–H groups in total. The van der Waals surface area contributed by atoms with Crippen LogP contribution in [0, 0.1) is 6.92 Å². The van der Waals surface area contributed by atoms with Gasteiger partial charge in [0.05, 0.1) is 5.69 Å². The number of H-pyrrole nitrogens is 1. The maximum atomic E-state index is 12.9. The van der Waals surface area contributed by atoms with Crippen LogP contribution in [-0.4, -0.2) is 43.6 Å². The predicted molar refractivity (Wildman–Crippen MR) is 115 cm³/mol. The first-order valence-corrected chi connectivity index (χ1v) is 10.6. The second-order valence-corrected chi connectivity index (χ2v) is 7.82. The standard InChI is InChI=1S/C23H27N5O2/c1-3-20-25-21(28(26-20)18-10-8-16(2)9-11-18)17-6-5-14-27(15-12-17)23(30)19-7-4-13-24-22(19)29/h4,7-11,13,17H,3,5-6,12,14-15H2,1-2H3,(H,24,29). The Labute approximate surface area is 175 Å². The van der Waals surface area contributed by atoms with Crippen molar-refractivity contribution in [3.8, 4) is 5.69 Å². The predicted octanol–water partition coefficient (Wildman–Crippen LogP) is 3.24. The minimum Gasteiger partial charge on any atom is -0.338 e. The van der Waals surface area contributed by atoms with E-state index in [-0.39, 0.29) is 22.9 Å². The Hall–Kier alpha value is -3.22. The summed E-state index contributed by atoms with van der Waals surface area (Å²) < 4.78 is 1.96. The lowest BCUT2D eigenvalue weighted by molar-refractivity contribution is 0.0759. The van der Waals surface area contributed by atoms with Crippen LogP contribution >= 0.6 is 0 Å². The van der Waals surface area contributed by atoms with Crippen LogP contribution < -0.4 is 5.56 Å². The SMILES string of the molecule is CCc1nc(C2CCCN(C(=O)c3ccc[nH]c3=O)CC2)n(-c2ccc(C)cc2)n1. The van der Waals surface area contributed by atoms with Gasteiger partial charge >= 0.3 is 0 Å². The number of carbonyl (C=O) groups is 1. The van der Waals surface area contributed by atoms with E-state index < -0.39 is 0 Å². The molecule has 7 heteroatoms. The van der Waals surface area contributed by atoms with Crippen LogP contribution in [0.2, 0.25) is 0 Å². The molecule has 7 nitrogen and oxygen atoms in total. The number of likely N-dealkylation sites (tertiary alicyclic amines) is 1. The molecule has 0 aliphatic carbocycles. The number of hydrogen-bond donors (Lipinski definition) is 1. The molecule has 1 aliphatic heterocycles. The van der Waals surface area contributed by atoms with Crippen LogP contribution in [0.3, 0.4) is 0 Å². The first kappa shape index (κ1) is 20.1. The van der Waals surface area contributed by atoms with E-state index in [2.05, 4.69) is 43.1 Å². The fourth-order valence-corrected chi connectivity index (χ4v) is 3.98. The van der Waals surface area contributed by atoms with Crippen molar-refractivity contribution in [3.05, 3.63) is 75.7 Å². The highest BCUT2D eigenvalue weighted by Gasteiger charge is 2.27. The van der Waals surface area contributed by atoms with Crippen molar-refractivity contribution in [2.75, 3.05) is 13.1 Å². The second kappa shape index (κ2) is 8.65. The molecular formula is C23H27N5O2. The molecule has 3 heterocycles. The lowest BCUT2D eigenvalue weighted by Crippen LogP contribution is -2.35. The summed E-state index contributed by atoms with van der Waals surface area (Å²) in [6.45, 7) is 5.37. The van der Waals surface area contributed by atoms with E-state index in [9.17, 15) is 9.59 Å². The smallest absolute Gasteiger partial charge is 0.260 e. The van der Waals surface area contributed by atoms with E-state index in [0.29, 0.717) is 13.1 Å². The van der Waals surface area contributed by atoms with E-state index in [0.717, 1.165) is 43.0 Å². The summed E-state index contributed by atoms with van der Waals surface area (Å²) in [4.78, 5) is 34.1. The quantitative estimate of drug-likeness (QED) is 0.722. The fraction of sp³-hybridized carbons (Fsp3) is 0.391. The monoisotopic (exact) mass is 405 g/mol. The van der Waals surface area contributed by atoms with E-state index >= 15 is 0 Å². The number of aromatic amines is 1. The van der Waals surface area contributed by atoms with Crippen LogP contribution in [0.1, 0.15) is 59.7 Å². The van der Waals surface area contributed by atoms with Crippen LogP contribution in [0.4, 0.5) is 0 Å². The van der Waals surface area contributed by atoms with Gasteiger partial charge in [0.2, 0.25) is 0 Å². The molecular weight excluding hydrogens is 378 g/mol. The van der Waals surface area contributed by atoms with Gasteiger partial charge in [0.25, 0.3) is 11.5 Å². The molecule has 3 aromatic rings. The van der Waals surface area contributed by atoms with Crippen LogP contribution in [0.15, 0.2) is 47.4 Å². The number of hydrogen-bond acceptors (Lipinski definition) is 4. The van der Waals surface area contributed by atoms with Gasteiger partial charge in [0.15, 0.2) is 5.82 Å². The molecule has 2 aromatic heterocycles. The van der Waals surface area contributed by atoms with E-state index in [1.807, 2.05) is 4.68 Å². The summed E-state index contributed by atoms with van der Waals surface area (Å²) in [7, 11) is 0. The molecule has 0 bridgehead atoms. The van der Waals surface area contributed by atoms with Gasteiger partial charge in [-0.05, 0) is 50.5 Å². The van der Waals surface area contributed by atoms with Gasteiger partial charge in [0.1, 0.15) is 11.4 Å². The van der Waals surface area contributed by atoms with Gasteiger partial charge in [-0.1, -0.05) is 24.6 Å². The Morgan fingerprint density at radius 3 is 2.70 bits per heavy atom. The number of aromatic nitrogens is 4. The molecule has 4 rings (SSSR count). The summed E-state index contributed by atoms with van der Waals surface area (Å²) in [5.41, 5.74) is 2.08. The molecule has 1 unspecified atom stereocenters. The summed E-state index contributed by atoms with van der Waals surface area (Å²) in [5.74, 6) is 1.80. The Balaban J connectivity index is 1.57. The van der Waals surface area contributed by atoms with E-state index in [1.54, 1.807) is 23.2 Å². The van der Waals surface area contributed by atoms with Crippen LogP contribution in [0.5, 0.6) is 0 Å². The number of rotatable bonds is 4. The highest BCUT2D eigenvalue weighted by atomic mass is 16.2. The molecule has 0 spiro atoms. The average Bonchev–Trinajstić information content (AvgIpc) is 3.04. The molecule has 0 radical (unpaired) electrons. The van der Waals surface area contributed by atoms with E-state index in [4.69, 9.17) is 10.1 Å². The first-order chi connectivity index (χ1) is 14.6. The van der Waals surface area contributed by atoms with Gasteiger partial charge < -0.3 is 9.88 Å². The minimum atomic E-state index is -0.338. The molecule has 1 atom stereocenters. The highest BCUT2D eigenvalue weighted by molar-refractivity contribution is 5.93. The van der Waals surface area contributed by atoms with Gasteiger partial charge in [-0.3, -0.25) is 9.59 Å². The summed E-state index contributed by atoms with van der Waals surface area (Å²) in [6, 6.07) is 11.6. The summed E-state index contributed by atoms with van der Waals surface area (Å²) in [6.07, 6.45) is 4.91. The Kier molecular flexibility index (Phi) is 5.79. The Morgan fingerprint density at radius 1 is 1.17 bits per heavy atom. The zero-order valence-electron chi connectivity index (χ0n) is 17.5. The number of pyridine rings is 1. The lowest BCUT2D eigenvalue weighted by atomic mass is 9.99. The number of benzene rings is 1. The molecule has 1 fully saturated rings. The molecule has 156 valence electrons. The molecule has 1 aliphatic rings. The van der Waals surface area contributed by atoms with E-state index in [1.165, 1.54) is 5.56 Å². The van der Waals surface area contributed by atoms with Gasteiger partial charge in [-0.25, -0.2) is 9.67 Å². The maximum Gasteiger partial charge on any atom is 0.260 e. The van der Waals surface area contributed by atoms with Crippen molar-refractivity contribution in [2.45, 2.75) is 45.4 Å². The largest absolute Gasteiger partial charge is 0.338 e. The third-order valence-electron chi connectivity index (χ3n) is 5.70. The lowest BCUT2D eigenvalue weighted by Gasteiger charge is -2.20. The topological polar surface area (TPSA) is 83.9 Å². The number of nitrogens with one attached hydrogen (secondary N) is 1. The Bertz CT molecular complexity index is 1080. The van der Waals surface area contributed by atoms with Crippen molar-refractivity contribution < 1.29 is 4.79 Å². The zero-order valence-corrected chi connectivity index (χ0v) is 17.5. The second-order valence-electron chi connectivity index (χ2n) is 7.82. The van der Waals surface area contributed by atoms with Crippen LogP contribution in [0.25, 0.3) is 5.69 Å². The minimum absolute atomic E-state index is 0.201. The number of aryl methyl sites for hydroxylation is 2. The molecule has 1 amide bonds. The third-order valence-corrected chi connectivity index (χ3v) is 5.70. The molecule has 1 saturated heterocycles.